The van der Waals surface area contributed by atoms with E-state index >= 15 is 0 Å². The molecule has 0 unspecified atom stereocenters. The fourth-order valence-corrected chi connectivity index (χ4v) is 2.77. The number of carbonyl (C=O) groups excluding carboxylic acids is 1. The third kappa shape index (κ3) is 5.59. The van der Waals surface area contributed by atoms with E-state index in [-0.39, 0.29) is 6.29 Å². The van der Waals surface area contributed by atoms with Gasteiger partial charge < -0.3 is 19.5 Å². The van der Waals surface area contributed by atoms with E-state index in [0.717, 1.165) is 22.3 Å². The number of ether oxygens (including phenoxy) is 3. The van der Waals surface area contributed by atoms with Gasteiger partial charge in [0.1, 0.15) is 5.60 Å². The van der Waals surface area contributed by atoms with Crippen LogP contribution < -0.4 is 5.32 Å². The zero-order chi connectivity index (χ0) is 20.0. The van der Waals surface area contributed by atoms with Crippen LogP contribution in [0.25, 0.3) is 0 Å². The van der Waals surface area contributed by atoms with Crippen molar-refractivity contribution in [3.8, 4) is 11.8 Å². The van der Waals surface area contributed by atoms with Gasteiger partial charge in [0.25, 0.3) is 0 Å². The first-order valence-electron chi connectivity index (χ1n) is 9.31. The lowest BCUT2D eigenvalue weighted by molar-refractivity contribution is -0.0442. The summed E-state index contributed by atoms with van der Waals surface area (Å²) < 4.78 is 16.5. The van der Waals surface area contributed by atoms with Gasteiger partial charge in [-0.25, -0.2) is 4.79 Å². The van der Waals surface area contributed by atoms with Crippen LogP contribution in [0.2, 0.25) is 0 Å². The number of benzene rings is 2. The Balaban J connectivity index is 1.76. The molecule has 0 bridgehead atoms. The average Bonchev–Trinajstić information content (AvgIpc) is 3.19. The molecule has 1 amide bonds. The summed E-state index contributed by atoms with van der Waals surface area (Å²) >= 11 is 0. The largest absolute Gasteiger partial charge is 0.444 e. The molecule has 146 valence electrons. The minimum absolute atomic E-state index is 0.344. The van der Waals surface area contributed by atoms with Gasteiger partial charge in [-0.2, -0.15) is 0 Å². The SMILES string of the molecule is CC(C)(C)OC(=O)NCc1ccccc1C#Cc1ccccc1C1OCCO1. The Morgan fingerprint density at radius 3 is 2.36 bits per heavy atom. The van der Waals surface area contributed by atoms with Gasteiger partial charge in [-0.05, 0) is 38.5 Å². The second kappa shape index (κ2) is 8.92. The number of amides is 1. The molecule has 1 aliphatic heterocycles. The summed E-state index contributed by atoms with van der Waals surface area (Å²) in [5.74, 6) is 6.43. The highest BCUT2D eigenvalue weighted by Gasteiger charge is 2.20. The summed E-state index contributed by atoms with van der Waals surface area (Å²) in [6.07, 6.45) is -0.814. The first kappa shape index (κ1) is 19.9. The van der Waals surface area contributed by atoms with E-state index in [1.54, 1.807) is 0 Å². The predicted octanol–water partition coefficient (Wildman–Crippen LogP) is 4.16. The van der Waals surface area contributed by atoms with Crippen molar-refractivity contribution in [2.45, 2.75) is 39.2 Å². The molecule has 2 aromatic rings. The van der Waals surface area contributed by atoms with Crippen molar-refractivity contribution in [1.29, 1.82) is 0 Å². The van der Waals surface area contributed by atoms with Crippen LogP contribution in [-0.2, 0) is 20.8 Å². The topological polar surface area (TPSA) is 56.8 Å². The van der Waals surface area contributed by atoms with Gasteiger partial charge in [-0.3, -0.25) is 0 Å². The minimum Gasteiger partial charge on any atom is -0.444 e. The highest BCUT2D eigenvalue weighted by Crippen LogP contribution is 2.25. The monoisotopic (exact) mass is 379 g/mol. The number of carbonyl (C=O) groups is 1. The Bertz CT molecular complexity index is 883. The van der Waals surface area contributed by atoms with E-state index in [4.69, 9.17) is 14.2 Å². The molecular formula is C23H25NO4. The summed E-state index contributed by atoms with van der Waals surface area (Å²) in [4.78, 5) is 11.9. The quantitative estimate of drug-likeness (QED) is 0.814. The van der Waals surface area contributed by atoms with Gasteiger partial charge >= 0.3 is 6.09 Å². The first-order chi connectivity index (χ1) is 13.4. The van der Waals surface area contributed by atoms with Crippen LogP contribution in [0, 0.1) is 11.8 Å². The summed E-state index contributed by atoms with van der Waals surface area (Å²) in [6, 6.07) is 15.5. The molecule has 0 aliphatic carbocycles. The fraction of sp³-hybridized carbons (Fsp3) is 0.348. The summed E-state index contributed by atoms with van der Waals surface area (Å²) in [7, 11) is 0. The van der Waals surface area contributed by atoms with Crippen LogP contribution in [0.15, 0.2) is 48.5 Å². The maximum Gasteiger partial charge on any atom is 0.407 e. The van der Waals surface area contributed by atoms with Crippen LogP contribution in [0.3, 0.4) is 0 Å². The molecule has 0 radical (unpaired) electrons. The van der Waals surface area contributed by atoms with Crippen LogP contribution in [0.1, 0.15) is 49.3 Å². The molecule has 0 atom stereocenters. The molecule has 28 heavy (non-hydrogen) atoms. The number of nitrogens with one attached hydrogen (secondary N) is 1. The third-order valence-electron chi connectivity index (χ3n) is 4.01. The normalized spacial score (nSPS) is 14.2. The third-order valence-corrected chi connectivity index (χ3v) is 4.01. The van der Waals surface area contributed by atoms with Gasteiger partial charge in [0.2, 0.25) is 0 Å². The second-order valence-corrected chi connectivity index (χ2v) is 7.42. The average molecular weight is 379 g/mol. The van der Waals surface area contributed by atoms with Crippen molar-refractivity contribution >= 4 is 6.09 Å². The van der Waals surface area contributed by atoms with Crippen LogP contribution in [-0.4, -0.2) is 24.9 Å². The van der Waals surface area contributed by atoms with Crippen molar-refractivity contribution in [3.05, 3.63) is 70.8 Å². The van der Waals surface area contributed by atoms with Crippen molar-refractivity contribution in [1.82, 2.24) is 5.32 Å². The van der Waals surface area contributed by atoms with Gasteiger partial charge in [-0.15, -0.1) is 0 Å². The van der Waals surface area contributed by atoms with Gasteiger partial charge in [0.05, 0.1) is 13.2 Å². The number of hydrogen-bond donors (Lipinski definition) is 1. The summed E-state index contributed by atoms with van der Waals surface area (Å²) in [5, 5.41) is 2.78. The molecule has 1 saturated heterocycles. The molecule has 0 saturated carbocycles. The molecule has 5 heteroatoms. The predicted molar refractivity (Wildman–Crippen MR) is 107 cm³/mol. The Morgan fingerprint density at radius 1 is 1.04 bits per heavy atom. The smallest absolute Gasteiger partial charge is 0.407 e. The Hall–Kier alpha value is -2.81. The lowest BCUT2D eigenvalue weighted by Gasteiger charge is -2.19. The molecule has 1 heterocycles. The molecular weight excluding hydrogens is 354 g/mol. The highest BCUT2D eigenvalue weighted by molar-refractivity contribution is 5.67. The molecule has 5 nitrogen and oxygen atoms in total. The minimum atomic E-state index is -0.530. The molecule has 2 aromatic carbocycles. The summed E-state index contributed by atoms with van der Waals surface area (Å²) in [5.41, 5.74) is 3.03. The number of hydrogen-bond acceptors (Lipinski definition) is 4. The first-order valence-corrected chi connectivity index (χ1v) is 9.31. The van der Waals surface area contributed by atoms with Gasteiger partial charge in [0.15, 0.2) is 6.29 Å². The maximum atomic E-state index is 11.9. The molecule has 1 N–H and O–H groups in total. The lowest BCUT2D eigenvalue weighted by Crippen LogP contribution is -2.32. The van der Waals surface area contributed by atoms with E-state index in [0.29, 0.717) is 19.8 Å². The van der Waals surface area contributed by atoms with Crippen molar-refractivity contribution in [2.75, 3.05) is 13.2 Å². The van der Waals surface area contributed by atoms with Crippen molar-refractivity contribution in [3.63, 3.8) is 0 Å². The van der Waals surface area contributed by atoms with Crippen LogP contribution >= 0.6 is 0 Å². The fourth-order valence-electron chi connectivity index (χ4n) is 2.77. The van der Waals surface area contributed by atoms with Crippen molar-refractivity contribution in [2.24, 2.45) is 0 Å². The Kier molecular flexibility index (Phi) is 6.35. The van der Waals surface area contributed by atoms with Crippen LogP contribution in [0.4, 0.5) is 4.79 Å². The van der Waals surface area contributed by atoms with Gasteiger partial charge in [0, 0.05) is 23.2 Å². The van der Waals surface area contributed by atoms with E-state index < -0.39 is 11.7 Å². The van der Waals surface area contributed by atoms with Crippen molar-refractivity contribution < 1.29 is 19.0 Å². The number of rotatable bonds is 3. The van der Waals surface area contributed by atoms with E-state index in [2.05, 4.69) is 17.2 Å². The maximum absolute atomic E-state index is 11.9. The molecule has 0 spiro atoms. The zero-order valence-electron chi connectivity index (χ0n) is 16.5. The molecule has 1 aliphatic rings. The number of alkyl carbamates (subject to hydrolysis) is 1. The lowest BCUT2D eigenvalue weighted by atomic mass is 10.0. The standard InChI is InChI=1S/C23H25NO4/c1-23(2,3)28-22(25)24-16-19-10-5-4-8-17(19)12-13-18-9-6-7-11-20(18)21-26-14-15-27-21/h4-11,21H,14-16H2,1-3H3,(H,24,25). The Labute approximate surface area is 166 Å². The van der Waals surface area contributed by atoms with Gasteiger partial charge in [-0.1, -0.05) is 48.2 Å². The summed E-state index contributed by atoms with van der Waals surface area (Å²) in [6.45, 7) is 7.02. The molecule has 3 rings (SSSR count). The second-order valence-electron chi connectivity index (χ2n) is 7.42. The highest BCUT2D eigenvalue weighted by atomic mass is 16.7. The molecule has 1 fully saturated rings. The molecule has 0 aromatic heterocycles. The van der Waals surface area contributed by atoms with E-state index in [1.165, 1.54) is 0 Å². The zero-order valence-corrected chi connectivity index (χ0v) is 16.5. The van der Waals surface area contributed by atoms with E-state index in [9.17, 15) is 4.79 Å². The van der Waals surface area contributed by atoms with Crippen LogP contribution in [0.5, 0.6) is 0 Å². The van der Waals surface area contributed by atoms with E-state index in [1.807, 2.05) is 69.3 Å². The Morgan fingerprint density at radius 2 is 1.64 bits per heavy atom.